The Kier molecular flexibility index (Phi) is 15.9. The van der Waals surface area contributed by atoms with Crippen LogP contribution in [-0.4, -0.2) is 12.0 Å². The average Bonchev–Trinajstić information content (AvgIpc) is 2.47. The van der Waals surface area contributed by atoms with Gasteiger partial charge in [0, 0.05) is 10.7 Å². The van der Waals surface area contributed by atoms with E-state index in [0.717, 1.165) is 16.9 Å². The normalized spacial score (nSPS) is 12.6. The number of hydrogen-bond donors (Lipinski definition) is 2. The summed E-state index contributed by atoms with van der Waals surface area (Å²) in [5.74, 6) is 1.11. The van der Waals surface area contributed by atoms with E-state index in [9.17, 15) is 4.79 Å². The molecule has 0 spiro atoms. The molecule has 0 aromatic carbocycles. The molecule has 3 N–H and O–H groups in total. The summed E-state index contributed by atoms with van der Waals surface area (Å²) in [4.78, 5) is 11.3. The maximum Gasteiger partial charge on any atom is 0.142 e. The molecule has 0 heterocycles. The van der Waals surface area contributed by atoms with Crippen LogP contribution in [0.2, 0.25) is 0 Å². The Morgan fingerprint density at radius 2 is 1.90 bits per heavy atom. The van der Waals surface area contributed by atoms with Crippen LogP contribution in [-0.2, 0) is 4.79 Å². The molecular formula is C15H26N2OS2. The molecule has 0 unspecified atom stereocenters. The molecule has 0 aliphatic rings. The number of hydrogen-bond acceptors (Lipinski definition) is 5. The van der Waals surface area contributed by atoms with Crippen LogP contribution in [0.3, 0.4) is 0 Å². The molecule has 114 valence electrons. The van der Waals surface area contributed by atoms with Gasteiger partial charge < -0.3 is 5.73 Å². The molecule has 5 heteroatoms. The number of aldehydes is 1. The lowest BCUT2D eigenvalue weighted by Gasteiger charge is -2.04. The zero-order valence-electron chi connectivity index (χ0n) is 12.2. The van der Waals surface area contributed by atoms with Crippen molar-refractivity contribution in [1.29, 1.82) is 0 Å². The van der Waals surface area contributed by atoms with Gasteiger partial charge in [0.05, 0.1) is 0 Å². The van der Waals surface area contributed by atoms with Crippen molar-refractivity contribution in [2.75, 3.05) is 5.75 Å². The molecule has 0 aliphatic heterocycles. The minimum Gasteiger partial charge on any atom is -0.405 e. The van der Waals surface area contributed by atoms with Gasteiger partial charge in [-0.2, -0.15) is 0 Å². The lowest BCUT2D eigenvalue weighted by Crippen LogP contribution is -1.93. The largest absolute Gasteiger partial charge is 0.405 e. The maximum absolute atomic E-state index is 10.3. The van der Waals surface area contributed by atoms with E-state index >= 15 is 0 Å². The van der Waals surface area contributed by atoms with E-state index in [2.05, 4.69) is 11.1 Å². The van der Waals surface area contributed by atoms with Gasteiger partial charge in [-0.05, 0) is 48.9 Å². The molecule has 0 rings (SSSR count). The van der Waals surface area contributed by atoms with E-state index in [0.29, 0.717) is 0 Å². The van der Waals surface area contributed by atoms with Gasteiger partial charge in [-0.15, -0.1) is 0 Å². The van der Waals surface area contributed by atoms with E-state index in [1.165, 1.54) is 62.7 Å². The summed E-state index contributed by atoms with van der Waals surface area (Å²) >= 11 is 3.20. The topological polar surface area (TPSA) is 55.1 Å². The van der Waals surface area contributed by atoms with Gasteiger partial charge in [-0.25, -0.2) is 4.13 Å². The number of rotatable bonds is 13. The second-order valence-electron chi connectivity index (χ2n) is 4.25. The molecule has 20 heavy (non-hydrogen) atoms. The predicted octanol–water partition coefficient (Wildman–Crippen LogP) is 4.34. The van der Waals surface area contributed by atoms with Crippen molar-refractivity contribution < 1.29 is 4.79 Å². The molecule has 0 atom stereocenters. The van der Waals surface area contributed by atoms with Crippen LogP contribution in [0, 0.1) is 0 Å². The summed E-state index contributed by atoms with van der Waals surface area (Å²) in [5.41, 5.74) is 5.30. The zero-order valence-corrected chi connectivity index (χ0v) is 13.8. The molecule has 0 aromatic heterocycles. The number of unbranched alkanes of at least 4 members (excludes halogenated alkanes) is 5. The molecule has 0 aromatic rings. The van der Waals surface area contributed by atoms with Gasteiger partial charge in [-0.3, -0.25) is 4.79 Å². The van der Waals surface area contributed by atoms with Gasteiger partial charge in [-0.1, -0.05) is 51.0 Å². The van der Waals surface area contributed by atoms with E-state index in [1.54, 1.807) is 24.1 Å². The molecule has 0 amide bonds. The van der Waals surface area contributed by atoms with Crippen molar-refractivity contribution in [1.82, 2.24) is 4.13 Å². The van der Waals surface area contributed by atoms with Gasteiger partial charge >= 0.3 is 0 Å². The Bertz CT molecular complexity index is 315. The first-order chi connectivity index (χ1) is 9.85. The maximum atomic E-state index is 10.3. The molecule has 0 bridgehead atoms. The number of nitrogens with one attached hydrogen (secondary N) is 1. The third-order valence-electron chi connectivity index (χ3n) is 2.53. The van der Waals surface area contributed by atoms with Gasteiger partial charge in [0.25, 0.3) is 0 Å². The summed E-state index contributed by atoms with van der Waals surface area (Å²) < 4.78 is 3.23. The Hall–Kier alpha value is -0.650. The van der Waals surface area contributed by atoms with Crippen molar-refractivity contribution in [2.24, 2.45) is 5.73 Å². The summed E-state index contributed by atoms with van der Waals surface area (Å²) in [5, 5.41) is 0. The van der Waals surface area contributed by atoms with Crippen LogP contribution in [0.5, 0.6) is 0 Å². The Morgan fingerprint density at radius 1 is 1.15 bits per heavy atom. The van der Waals surface area contributed by atoms with Crippen molar-refractivity contribution >= 4 is 30.2 Å². The van der Waals surface area contributed by atoms with Crippen LogP contribution < -0.4 is 9.86 Å². The minimum absolute atomic E-state index is 0.768. The monoisotopic (exact) mass is 314 g/mol. The Morgan fingerprint density at radius 3 is 2.60 bits per heavy atom. The highest BCUT2D eigenvalue weighted by Gasteiger charge is 1.94. The fraction of sp³-hybridized carbons (Fsp3) is 0.533. The number of carbonyl (C=O) groups is 1. The summed E-state index contributed by atoms with van der Waals surface area (Å²) in [6, 6.07) is 0. The number of nitrogens with two attached hydrogens (primary N) is 1. The highest BCUT2D eigenvalue weighted by atomic mass is 32.2. The Balaban J connectivity index is 3.63. The standard InChI is InChI=1S/C15H26N2OS2/c1-2-3-4-5-6-7-14-19-17-20-15(10-8-12-16)11-9-13-18/h8-13,17H,2-7,14,16H2,1H3/b11-9-,12-8+,15-10+. The second kappa shape index (κ2) is 16.4. The molecule has 0 radical (unpaired) electrons. The average molecular weight is 315 g/mol. The highest BCUT2D eigenvalue weighted by Crippen LogP contribution is 2.17. The van der Waals surface area contributed by atoms with Crippen LogP contribution in [0.25, 0.3) is 0 Å². The third kappa shape index (κ3) is 13.8. The van der Waals surface area contributed by atoms with Crippen molar-refractivity contribution in [3.63, 3.8) is 0 Å². The summed E-state index contributed by atoms with van der Waals surface area (Å²) in [7, 11) is 0. The molecule has 0 fully saturated rings. The lowest BCUT2D eigenvalue weighted by molar-refractivity contribution is -0.104. The summed E-state index contributed by atoms with van der Waals surface area (Å²) in [6.45, 7) is 2.24. The zero-order chi connectivity index (χ0) is 14.9. The van der Waals surface area contributed by atoms with Crippen LogP contribution in [0.4, 0.5) is 0 Å². The molecular weight excluding hydrogens is 288 g/mol. The molecule has 0 saturated carbocycles. The first-order valence-corrected chi connectivity index (χ1v) is 8.89. The number of allylic oxidation sites excluding steroid dienone is 4. The van der Waals surface area contributed by atoms with Crippen molar-refractivity contribution in [3.05, 3.63) is 35.4 Å². The van der Waals surface area contributed by atoms with Gasteiger partial charge in [0.1, 0.15) is 6.29 Å². The van der Waals surface area contributed by atoms with Crippen molar-refractivity contribution in [2.45, 2.75) is 45.4 Å². The molecule has 0 aliphatic carbocycles. The van der Waals surface area contributed by atoms with Gasteiger partial charge in [0.15, 0.2) is 0 Å². The lowest BCUT2D eigenvalue weighted by atomic mass is 10.1. The van der Waals surface area contributed by atoms with E-state index in [1.807, 2.05) is 6.08 Å². The van der Waals surface area contributed by atoms with Crippen LogP contribution in [0.15, 0.2) is 35.4 Å². The van der Waals surface area contributed by atoms with Crippen molar-refractivity contribution in [3.8, 4) is 0 Å². The second-order valence-corrected chi connectivity index (χ2v) is 6.29. The van der Waals surface area contributed by atoms with Crippen LogP contribution in [0.1, 0.15) is 45.4 Å². The quantitative estimate of drug-likeness (QED) is 0.174. The SMILES string of the molecule is CCCCCCCCSNSC(/C=C\C=O)=C/C=C/N. The highest BCUT2D eigenvalue weighted by molar-refractivity contribution is 8.14. The summed E-state index contributed by atoms with van der Waals surface area (Å²) in [6.07, 6.45) is 17.0. The molecule has 0 saturated heterocycles. The predicted molar refractivity (Wildman–Crippen MR) is 93.2 cm³/mol. The first-order valence-electron chi connectivity index (χ1n) is 7.09. The van der Waals surface area contributed by atoms with Crippen LogP contribution >= 0.6 is 23.9 Å². The number of carbonyl (C=O) groups excluding carboxylic acids is 1. The van der Waals surface area contributed by atoms with E-state index < -0.39 is 0 Å². The molecule has 3 nitrogen and oxygen atoms in total. The fourth-order valence-corrected chi connectivity index (χ4v) is 3.08. The third-order valence-corrected chi connectivity index (χ3v) is 4.33. The van der Waals surface area contributed by atoms with Gasteiger partial charge in [0.2, 0.25) is 0 Å². The first kappa shape index (κ1) is 19.4. The van der Waals surface area contributed by atoms with E-state index in [4.69, 9.17) is 5.73 Å². The minimum atomic E-state index is 0.768. The fourth-order valence-electron chi connectivity index (χ4n) is 1.48. The van der Waals surface area contributed by atoms with E-state index in [-0.39, 0.29) is 0 Å². The Labute approximate surface area is 131 Å². The smallest absolute Gasteiger partial charge is 0.142 e.